The molecule has 0 aromatic rings. The molecule has 2 N–H and O–H groups in total. The van der Waals surface area contributed by atoms with Crippen molar-refractivity contribution in [1.82, 2.24) is 10.2 Å². The van der Waals surface area contributed by atoms with Gasteiger partial charge in [-0.3, -0.25) is 9.69 Å². The highest BCUT2D eigenvalue weighted by Crippen LogP contribution is 2.37. The minimum atomic E-state index is -0.681. The summed E-state index contributed by atoms with van der Waals surface area (Å²) in [6, 6.07) is 1.19. The van der Waals surface area contributed by atoms with Crippen LogP contribution in [0, 0.1) is 0 Å². The summed E-state index contributed by atoms with van der Waals surface area (Å²) in [4.78, 5) is 14.4. The fourth-order valence-corrected chi connectivity index (χ4v) is 3.65. The van der Waals surface area contributed by atoms with Crippen molar-refractivity contribution in [3.8, 4) is 0 Å². The quantitative estimate of drug-likeness (QED) is 0.718. The third kappa shape index (κ3) is 3.53. The molecule has 4 nitrogen and oxygen atoms in total. The van der Waals surface area contributed by atoms with Crippen molar-refractivity contribution in [2.75, 3.05) is 13.1 Å². The Morgan fingerprint density at radius 1 is 1.25 bits per heavy atom. The van der Waals surface area contributed by atoms with Crippen molar-refractivity contribution >= 4 is 5.97 Å². The van der Waals surface area contributed by atoms with E-state index in [9.17, 15) is 9.90 Å². The van der Waals surface area contributed by atoms with E-state index in [0.717, 1.165) is 51.2 Å². The molecule has 0 heterocycles. The van der Waals surface area contributed by atoms with Gasteiger partial charge in [0.1, 0.15) is 5.54 Å². The Bertz CT molecular complexity index is 330. The highest BCUT2D eigenvalue weighted by Gasteiger charge is 2.45. The second kappa shape index (κ2) is 6.90. The van der Waals surface area contributed by atoms with Gasteiger partial charge in [0.2, 0.25) is 0 Å². The van der Waals surface area contributed by atoms with Gasteiger partial charge in [-0.15, -0.1) is 0 Å². The van der Waals surface area contributed by atoms with Crippen LogP contribution >= 0.6 is 0 Å². The molecule has 0 amide bonds. The van der Waals surface area contributed by atoms with Crippen LogP contribution in [0.2, 0.25) is 0 Å². The van der Waals surface area contributed by atoms with E-state index < -0.39 is 11.5 Å². The molecule has 2 unspecified atom stereocenters. The molecule has 0 saturated heterocycles. The zero-order valence-electron chi connectivity index (χ0n) is 13.0. The summed E-state index contributed by atoms with van der Waals surface area (Å²) in [6.07, 6.45) is 8.51. The molecule has 2 rings (SSSR count). The molecule has 2 fully saturated rings. The van der Waals surface area contributed by atoms with Crippen LogP contribution in [0.15, 0.2) is 0 Å². The Hall–Kier alpha value is -0.610. The maximum atomic E-state index is 11.8. The van der Waals surface area contributed by atoms with Crippen LogP contribution in [0.4, 0.5) is 0 Å². The first-order valence-corrected chi connectivity index (χ1v) is 8.37. The predicted octanol–water partition coefficient (Wildman–Crippen LogP) is 2.63. The number of carbonyl (C=O) groups is 1. The molecule has 0 spiro atoms. The van der Waals surface area contributed by atoms with Crippen molar-refractivity contribution in [2.45, 2.75) is 82.8 Å². The molecular weight excluding hydrogens is 252 g/mol. The number of nitrogens with one attached hydrogen (secondary N) is 1. The fraction of sp³-hybridized carbons (Fsp3) is 0.938. The van der Waals surface area contributed by atoms with E-state index in [-0.39, 0.29) is 0 Å². The van der Waals surface area contributed by atoms with Gasteiger partial charge in [-0.25, -0.2) is 0 Å². The van der Waals surface area contributed by atoms with Gasteiger partial charge >= 0.3 is 5.97 Å². The van der Waals surface area contributed by atoms with E-state index in [1.165, 1.54) is 19.3 Å². The Morgan fingerprint density at radius 2 is 2.00 bits per heavy atom. The summed E-state index contributed by atoms with van der Waals surface area (Å²) in [5, 5.41) is 13.1. The molecule has 2 aliphatic carbocycles. The van der Waals surface area contributed by atoms with Crippen molar-refractivity contribution in [1.29, 1.82) is 0 Å². The van der Waals surface area contributed by atoms with Gasteiger partial charge in [0.25, 0.3) is 0 Å². The van der Waals surface area contributed by atoms with Crippen molar-refractivity contribution < 1.29 is 9.90 Å². The first-order valence-electron chi connectivity index (χ1n) is 8.37. The third-order valence-electron chi connectivity index (χ3n) is 4.81. The second-order valence-corrected chi connectivity index (χ2v) is 6.53. The van der Waals surface area contributed by atoms with Gasteiger partial charge in [0.05, 0.1) is 0 Å². The minimum absolute atomic E-state index is 0.455. The van der Waals surface area contributed by atoms with Crippen LogP contribution in [0.5, 0.6) is 0 Å². The number of aliphatic carboxylic acids is 1. The summed E-state index contributed by atoms with van der Waals surface area (Å²) >= 11 is 0. The molecule has 0 radical (unpaired) electrons. The lowest BCUT2D eigenvalue weighted by atomic mass is 9.78. The van der Waals surface area contributed by atoms with E-state index in [1.807, 2.05) is 0 Å². The van der Waals surface area contributed by atoms with Crippen molar-refractivity contribution in [3.05, 3.63) is 0 Å². The number of nitrogens with zero attached hydrogens (tertiary/aromatic N) is 1. The van der Waals surface area contributed by atoms with Crippen LogP contribution < -0.4 is 5.32 Å². The topological polar surface area (TPSA) is 52.6 Å². The smallest absolute Gasteiger partial charge is 0.323 e. The summed E-state index contributed by atoms with van der Waals surface area (Å²) in [6.45, 7) is 6.24. The zero-order chi connectivity index (χ0) is 14.6. The standard InChI is InChI=1S/C16H30N2O2/c1-3-10-17-16(15(19)20)9-5-6-14(12-16)18(11-4-2)13-7-8-13/h13-14,17H,3-12H2,1-2H3,(H,19,20). The largest absolute Gasteiger partial charge is 0.480 e. The maximum Gasteiger partial charge on any atom is 0.323 e. The van der Waals surface area contributed by atoms with Crippen LogP contribution in [0.1, 0.15) is 65.2 Å². The normalized spacial score (nSPS) is 30.6. The second-order valence-electron chi connectivity index (χ2n) is 6.53. The van der Waals surface area contributed by atoms with Gasteiger partial charge in [-0.1, -0.05) is 13.8 Å². The summed E-state index contributed by atoms with van der Waals surface area (Å²) in [5.41, 5.74) is -0.681. The van der Waals surface area contributed by atoms with E-state index in [0.29, 0.717) is 6.04 Å². The molecule has 2 aliphatic rings. The zero-order valence-corrected chi connectivity index (χ0v) is 13.0. The number of hydrogen-bond acceptors (Lipinski definition) is 3. The monoisotopic (exact) mass is 282 g/mol. The SMILES string of the molecule is CCCNC1(C(=O)O)CCCC(N(CCC)C2CC2)C1. The van der Waals surface area contributed by atoms with Crippen LogP contribution in [0.25, 0.3) is 0 Å². The van der Waals surface area contributed by atoms with E-state index >= 15 is 0 Å². The number of hydrogen-bond donors (Lipinski definition) is 2. The lowest BCUT2D eigenvalue weighted by Gasteiger charge is -2.43. The average Bonchev–Trinajstić information content (AvgIpc) is 3.27. The molecule has 0 aromatic carbocycles. The van der Waals surface area contributed by atoms with Crippen LogP contribution in [-0.4, -0.2) is 46.7 Å². The lowest BCUT2D eigenvalue weighted by Crippen LogP contribution is -2.58. The Labute approximate surface area is 122 Å². The van der Waals surface area contributed by atoms with Gasteiger partial charge < -0.3 is 10.4 Å². The summed E-state index contributed by atoms with van der Waals surface area (Å²) in [5.74, 6) is -0.650. The first-order chi connectivity index (χ1) is 9.63. The number of carboxylic acid groups (broad SMARTS) is 1. The molecule has 20 heavy (non-hydrogen) atoms. The lowest BCUT2D eigenvalue weighted by molar-refractivity contribution is -0.147. The van der Waals surface area contributed by atoms with E-state index in [1.54, 1.807) is 0 Å². The van der Waals surface area contributed by atoms with Gasteiger partial charge in [0.15, 0.2) is 0 Å². The van der Waals surface area contributed by atoms with Gasteiger partial charge in [-0.05, 0) is 64.5 Å². The number of carboxylic acids is 1. The van der Waals surface area contributed by atoms with Crippen LogP contribution in [0.3, 0.4) is 0 Å². The highest BCUT2D eigenvalue weighted by molar-refractivity contribution is 5.79. The van der Waals surface area contributed by atoms with Crippen LogP contribution in [-0.2, 0) is 4.79 Å². The first kappa shape index (κ1) is 15.8. The third-order valence-corrected chi connectivity index (χ3v) is 4.81. The average molecular weight is 282 g/mol. The fourth-order valence-electron chi connectivity index (χ4n) is 3.65. The van der Waals surface area contributed by atoms with Gasteiger partial charge in [-0.2, -0.15) is 0 Å². The Kier molecular flexibility index (Phi) is 5.44. The molecule has 2 atom stereocenters. The Morgan fingerprint density at radius 3 is 2.55 bits per heavy atom. The maximum absolute atomic E-state index is 11.8. The molecule has 2 saturated carbocycles. The van der Waals surface area contributed by atoms with E-state index in [4.69, 9.17) is 0 Å². The molecule has 4 heteroatoms. The predicted molar refractivity (Wildman–Crippen MR) is 80.9 cm³/mol. The van der Waals surface area contributed by atoms with Crippen molar-refractivity contribution in [2.24, 2.45) is 0 Å². The molecule has 0 bridgehead atoms. The summed E-state index contributed by atoms with van der Waals surface area (Å²) in [7, 11) is 0. The molecule has 116 valence electrons. The van der Waals surface area contributed by atoms with Gasteiger partial charge in [0, 0.05) is 12.1 Å². The minimum Gasteiger partial charge on any atom is -0.480 e. The molecular formula is C16H30N2O2. The Balaban J connectivity index is 2.05. The molecule has 0 aromatic heterocycles. The molecule has 0 aliphatic heterocycles. The summed E-state index contributed by atoms with van der Waals surface area (Å²) < 4.78 is 0. The van der Waals surface area contributed by atoms with Crippen molar-refractivity contribution in [3.63, 3.8) is 0 Å². The highest BCUT2D eigenvalue weighted by atomic mass is 16.4. The van der Waals surface area contributed by atoms with E-state index in [2.05, 4.69) is 24.1 Å². The number of rotatable bonds is 8.